The van der Waals surface area contributed by atoms with Crippen LogP contribution in [0.2, 0.25) is 0 Å². The molecule has 7 heteroatoms. The number of rotatable bonds is 5. The maximum Gasteiger partial charge on any atom is 0.274 e. The Morgan fingerprint density at radius 3 is 2.81 bits per heavy atom. The van der Waals surface area contributed by atoms with Crippen molar-refractivity contribution in [3.05, 3.63) is 77.4 Å². The lowest BCUT2D eigenvalue weighted by atomic mass is 10.2. The Morgan fingerprint density at radius 1 is 1.15 bits per heavy atom. The average Bonchev–Trinajstić information content (AvgIpc) is 2.67. The number of pyridine rings is 1. The fourth-order valence-electron chi connectivity index (χ4n) is 2.30. The van der Waals surface area contributed by atoms with Crippen LogP contribution in [0, 0.1) is 18.3 Å². The molecule has 2 N–H and O–H groups in total. The van der Waals surface area contributed by atoms with Gasteiger partial charge >= 0.3 is 0 Å². The van der Waals surface area contributed by atoms with E-state index in [9.17, 15) is 4.79 Å². The van der Waals surface area contributed by atoms with Gasteiger partial charge in [0.1, 0.15) is 5.69 Å². The monoisotopic (exact) mass is 344 g/mol. The summed E-state index contributed by atoms with van der Waals surface area (Å²) in [6.45, 7) is 2.25. The standard InChI is InChI=1S/C19H16N6O/c1-13-9-17(18(26)24-15-7-4-5-14(10-15)11-20)25-19(23-13)22-12-16-6-2-3-8-21-16/h2-10H,12H2,1H3,(H,24,26)(H,22,23,25). The first-order chi connectivity index (χ1) is 12.6. The van der Waals surface area contributed by atoms with Crippen LogP contribution >= 0.6 is 0 Å². The third kappa shape index (κ3) is 4.39. The van der Waals surface area contributed by atoms with E-state index in [1.807, 2.05) is 24.3 Å². The summed E-state index contributed by atoms with van der Waals surface area (Å²) in [6.07, 6.45) is 1.71. The minimum absolute atomic E-state index is 0.239. The van der Waals surface area contributed by atoms with Gasteiger partial charge in [0.25, 0.3) is 5.91 Å². The highest BCUT2D eigenvalue weighted by Crippen LogP contribution is 2.13. The SMILES string of the molecule is Cc1cc(C(=O)Nc2cccc(C#N)c2)nc(NCc2ccccn2)n1. The normalized spacial score (nSPS) is 10.0. The Bertz CT molecular complexity index is 965. The predicted molar refractivity (Wildman–Crippen MR) is 97.4 cm³/mol. The van der Waals surface area contributed by atoms with Gasteiger partial charge in [-0.1, -0.05) is 12.1 Å². The van der Waals surface area contributed by atoms with Crippen molar-refractivity contribution in [2.45, 2.75) is 13.5 Å². The van der Waals surface area contributed by atoms with E-state index in [2.05, 4.69) is 25.6 Å². The molecule has 1 amide bonds. The lowest BCUT2D eigenvalue weighted by Gasteiger charge is -2.09. The molecule has 7 nitrogen and oxygen atoms in total. The first kappa shape index (κ1) is 17.0. The van der Waals surface area contributed by atoms with E-state index in [0.29, 0.717) is 29.4 Å². The van der Waals surface area contributed by atoms with Crippen molar-refractivity contribution in [1.82, 2.24) is 15.0 Å². The van der Waals surface area contributed by atoms with Crippen molar-refractivity contribution in [2.75, 3.05) is 10.6 Å². The van der Waals surface area contributed by atoms with Gasteiger partial charge in [-0.3, -0.25) is 9.78 Å². The highest BCUT2D eigenvalue weighted by Gasteiger charge is 2.11. The minimum atomic E-state index is -0.369. The molecule has 3 aromatic rings. The molecule has 128 valence electrons. The topological polar surface area (TPSA) is 104 Å². The highest BCUT2D eigenvalue weighted by atomic mass is 16.1. The zero-order valence-electron chi connectivity index (χ0n) is 14.1. The summed E-state index contributed by atoms with van der Waals surface area (Å²) in [4.78, 5) is 25.2. The zero-order chi connectivity index (χ0) is 18.4. The fourth-order valence-corrected chi connectivity index (χ4v) is 2.30. The van der Waals surface area contributed by atoms with Crippen LogP contribution in [-0.2, 0) is 6.54 Å². The molecule has 0 aliphatic heterocycles. The third-order valence-electron chi connectivity index (χ3n) is 3.49. The van der Waals surface area contributed by atoms with E-state index in [1.165, 1.54) is 0 Å². The summed E-state index contributed by atoms with van der Waals surface area (Å²) in [5, 5.41) is 14.8. The molecular formula is C19H16N6O. The van der Waals surface area contributed by atoms with Gasteiger partial charge in [0.2, 0.25) is 5.95 Å². The maximum atomic E-state index is 12.5. The molecule has 2 aromatic heterocycles. The Hall–Kier alpha value is -3.79. The molecule has 0 saturated heterocycles. The van der Waals surface area contributed by atoms with Gasteiger partial charge in [-0.15, -0.1) is 0 Å². The molecule has 0 unspecified atom stereocenters. The van der Waals surface area contributed by atoms with Crippen LogP contribution in [0.4, 0.5) is 11.6 Å². The van der Waals surface area contributed by atoms with Gasteiger partial charge in [-0.25, -0.2) is 9.97 Å². The molecule has 0 aliphatic rings. The lowest BCUT2D eigenvalue weighted by Crippen LogP contribution is -2.16. The zero-order valence-corrected chi connectivity index (χ0v) is 14.1. The smallest absolute Gasteiger partial charge is 0.274 e. The maximum absolute atomic E-state index is 12.5. The number of aryl methyl sites for hydroxylation is 1. The number of amides is 1. The summed E-state index contributed by atoms with van der Waals surface area (Å²) in [7, 11) is 0. The summed E-state index contributed by atoms with van der Waals surface area (Å²) in [5.41, 5.74) is 2.76. The highest BCUT2D eigenvalue weighted by molar-refractivity contribution is 6.03. The summed E-state index contributed by atoms with van der Waals surface area (Å²) in [5.74, 6) is -0.0157. The lowest BCUT2D eigenvalue weighted by molar-refractivity contribution is 0.102. The fraction of sp³-hybridized carbons (Fsp3) is 0.105. The number of carbonyl (C=O) groups is 1. The van der Waals surface area contributed by atoms with Crippen molar-refractivity contribution in [2.24, 2.45) is 0 Å². The quantitative estimate of drug-likeness (QED) is 0.737. The summed E-state index contributed by atoms with van der Waals surface area (Å²) in [6, 6.07) is 16.0. The molecule has 0 spiro atoms. The van der Waals surface area contributed by atoms with Gasteiger partial charge in [-0.2, -0.15) is 5.26 Å². The number of hydrogen-bond acceptors (Lipinski definition) is 6. The number of benzene rings is 1. The van der Waals surface area contributed by atoms with Gasteiger partial charge < -0.3 is 10.6 Å². The molecular weight excluding hydrogens is 328 g/mol. The number of nitrogens with zero attached hydrogens (tertiary/aromatic N) is 4. The summed E-state index contributed by atoms with van der Waals surface area (Å²) < 4.78 is 0. The van der Waals surface area contributed by atoms with E-state index >= 15 is 0 Å². The van der Waals surface area contributed by atoms with Crippen LogP contribution in [0.15, 0.2) is 54.7 Å². The van der Waals surface area contributed by atoms with Crippen LogP contribution in [0.25, 0.3) is 0 Å². The molecule has 0 bridgehead atoms. The van der Waals surface area contributed by atoms with E-state index < -0.39 is 0 Å². The molecule has 0 saturated carbocycles. The van der Waals surface area contributed by atoms with Crippen molar-refractivity contribution in [3.63, 3.8) is 0 Å². The minimum Gasteiger partial charge on any atom is -0.349 e. The molecule has 0 atom stereocenters. The number of hydrogen-bond donors (Lipinski definition) is 2. The molecule has 2 heterocycles. The van der Waals surface area contributed by atoms with E-state index in [-0.39, 0.29) is 11.6 Å². The van der Waals surface area contributed by atoms with E-state index in [0.717, 1.165) is 5.69 Å². The Balaban J connectivity index is 1.74. The first-order valence-electron chi connectivity index (χ1n) is 7.95. The van der Waals surface area contributed by atoms with Crippen LogP contribution in [0.3, 0.4) is 0 Å². The van der Waals surface area contributed by atoms with E-state index in [4.69, 9.17) is 5.26 Å². The van der Waals surface area contributed by atoms with Crippen molar-refractivity contribution in [1.29, 1.82) is 5.26 Å². The number of nitrogens with one attached hydrogen (secondary N) is 2. The molecule has 1 aromatic carbocycles. The molecule has 3 rings (SSSR count). The van der Waals surface area contributed by atoms with Gasteiger partial charge in [0.05, 0.1) is 23.9 Å². The Morgan fingerprint density at radius 2 is 2.04 bits per heavy atom. The van der Waals surface area contributed by atoms with Gasteiger partial charge in [-0.05, 0) is 43.3 Å². The second-order valence-corrected chi connectivity index (χ2v) is 5.54. The van der Waals surface area contributed by atoms with Gasteiger partial charge in [0.15, 0.2) is 0 Å². The number of anilines is 2. The molecule has 0 fully saturated rings. The van der Waals surface area contributed by atoms with E-state index in [1.54, 1.807) is 43.5 Å². The molecule has 0 radical (unpaired) electrons. The second kappa shape index (κ2) is 7.85. The third-order valence-corrected chi connectivity index (χ3v) is 3.49. The first-order valence-corrected chi connectivity index (χ1v) is 7.95. The average molecular weight is 344 g/mol. The van der Waals surface area contributed by atoms with Crippen LogP contribution in [-0.4, -0.2) is 20.9 Å². The number of carbonyl (C=O) groups excluding carboxylic acids is 1. The second-order valence-electron chi connectivity index (χ2n) is 5.54. The summed E-state index contributed by atoms with van der Waals surface area (Å²) >= 11 is 0. The van der Waals surface area contributed by atoms with Crippen LogP contribution in [0.1, 0.15) is 27.4 Å². The van der Waals surface area contributed by atoms with Crippen molar-refractivity contribution >= 4 is 17.5 Å². The van der Waals surface area contributed by atoms with Crippen molar-refractivity contribution < 1.29 is 4.79 Å². The molecule has 26 heavy (non-hydrogen) atoms. The van der Waals surface area contributed by atoms with Crippen LogP contribution in [0.5, 0.6) is 0 Å². The number of nitriles is 1. The number of aromatic nitrogens is 3. The van der Waals surface area contributed by atoms with Crippen LogP contribution < -0.4 is 10.6 Å². The Kier molecular flexibility index (Phi) is 5.15. The van der Waals surface area contributed by atoms with Crippen molar-refractivity contribution in [3.8, 4) is 6.07 Å². The Labute approximate surface area is 150 Å². The largest absolute Gasteiger partial charge is 0.349 e. The molecule has 0 aliphatic carbocycles. The predicted octanol–water partition coefficient (Wildman–Crippen LogP) is 2.92. The van der Waals surface area contributed by atoms with Gasteiger partial charge in [0, 0.05) is 17.6 Å².